The third kappa shape index (κ3) is 4.35. The fourth-order valence-corrected chi connectivity index (χ4v) is 3.00. The highest BCUT2D eigenvalue weighted by atomic mass is 19.4. The van der Waals surface area contributed by atoms with E-state index in [0.717, 1.165) is 23.6 Å². The van der Waals surface area contributed by atoms with E-state index < -0.39 is 11.7 Å². The number of aryl methyl sites for hydroxylation is 1. The predicted molar refractivity (Wildman–Crippen MR) is 101 cm³/mol. The van der Waals surface area contributed by atoms with Crippen molar-refractivity contribution in [3.05, 3.63) is 47.2 Å². The fraction of sp³-hybridized carbons (Fsp3) is 0.421. The largest absolute Gasteiger partial charge is 0.416 e. The van der Waals surface area contributed by atoms with Crippen LogP contribution in [0.25, 0.3) is 0 Å². The summed E-state index contributed by atoms with van der Waals surface area (Å²) in [4.78, 5) is 27.2. The smallest absolute Gasteiger partial charge is 0.363 e. The van der Waals surface area contributed by atoms with Gasteiger partial charge in [0.05, 0.1) is 5.56 Å². The van der Waals surface area contributed by atoms with Crippen LogP contribution in [0.4, 0.5) is 24.9 Å². The molecule has 2 heterocycles. The van der Waals surface area contributed by atoms with Crippen LogP contribution in [0.5, 0.6) is 0 Å². The Kier molecular flexibility index (Phi) is 5.44. The van der Waals surface area contributed by atoms with Crippen molar-refractivity contribution < 1.29 is 18.0 Å². The molecule has 0 saturated carbocycles. The van der Waals surface area contributed by atoms with Gasteiger partial charge in [0.25, 0.3) is 5.91 Å². The van der Waals surface area contributed by atoms with Crippen molar-refractivity contribution >= 4 is 17.7 Å². The fourth-order valence-electron chi connectivity index (χ4n) is 3.00. The molecular weight excluding hydrogens is 371 g/mol. The molecule has 2 aromatic rings. The highest BCUT2D eigenvalue weighted by Gasteiger charge is 2.31. The first-order valence-electron chi connectivity index (χ1n) is 8.89. The first-order chi connectivity index (χ1) is 13.1. The van der Waals surface area contributed by atoms with E-state index in [1.807, 2.05) is 36.9 Å². The van der Waals surface area contributed by atoms with Crippen molar-refractivity contribution in [3.8, 4) is 0 Å². The second kappa shape index (κ2) is 7.65. The predicted octanol–water partition coefficient (Wildman–Crippen LogP) is 2.83. The summed E-state index contributed by atoms with van der Waals surface area (Å²) in [5.74, 6) is 1.16. The molecule has 1 fully saturated rings. The molecule has 0 unspecified atom stereocenters. The molecule has 1 aliphatic heterocycles. The third-order valence-electron chi connectivity index (χ3n) is 4.60. The number of benzene rings is 1. The third-order valence-corrected chi connectivity index (χ3v) is 4.60. The van der Waals surface area contributed by atoms with Crippen LogP contribution in [-0.4, -0.2) is 61.0 Å². The van der Waals surface area contributed by atoms with E-state index in [1.54, 1.807) is 4.90 Å². The number of rotatable bonds is 3. The van der Waals surface area contributed by atoms with Crippen molar-refractivity contribution in [3.63, 3.8) is 0 Å². The van der Waals surface area contributed by atoms with E-state index in [1.165, 1.54) is 12.1 Å². The summed E-state index contributed by atoms with van der Waals surface area (Å²) >= 11 is 0. The van der Waals surface area contributed by atoms with Crippen molar-refractivity contribution in [2.45, 2.75) is 13.1 Å². The number of anilines is 2. The van der Waals surface area contributed by atoms with Crippen molar-refractivity contribution in [1.82, 2.24) is 14.9 Å². The van der Waals surface area contributed by atoms with Gasteiger partial charge in [-0.05, 0) is 31.2 Å². The molecule has 1 aromatic carbocycles. The van der Waals surface area contributed by atoms with Crippen LogP contribution in [0.2, 0.25) is 0 Å². The van der Waals surface area contributed by atoms with Gasteiger partial charge in [-0.25, -0.2) is 4.98 Å². The lowest BCUT2D eigenvalue weighted by Crippen LogP contribution is -2.49. The van der Waals surface area contributed by atoms with Gasteiger partial charge < -0.3 is 14.7 Å². The van der Waals surface area contributed by atoms with Gasteiger partial charge in [-0.15, -0.1) is 0 Å². The van der Waals surface area contributed by atoms with Crippen LogP contribution < -0.4 is 9.80 Å². The zero-order valence-electron chi connectivity index (χ0n) is 16.0. The second-order valence-corrected chi connectivity index (χ2v) is 6.92. The van der Waals surface area contributed by atoms with Crippen LogP contribution in [0.15, 0.2) is 30.3 Å². The molecule has 1 saturated heterocycles. The van der Waals surface area contributed by atoms with E-state index >= 15 is 0 Å². The number of hydrogen-bond donors (Lipinski definition) is 0. The van der Waals surface area contributed by atoms with E-state index in [-0.39, 0.29) is 11.5 Å². The lowest BCUT2D eigenvalue weighted by atomic mass is 10.1. The Morgan fingerprint density at radius 2 is 1.64 bits per heavy atom. The highest BCUT2D eigenvalue weighted by molar-refractivity contribution is 5.94. The molecule has 1 aromatic heterocycles. The Bertz CT molecular complexity index is 844. The number of alkyl halides is 3. The van der Waals surface area contributed by atoms with Gasteiger partial charge in [0.1, 0.15) is 5.82 Å². The van der Waals surface area contributed by atoms with Gasteiger partial charge in [0.2, 0.25) is 5.95 Å². The van der Waals surface area contributed by atoms with Crippen LogP contribution >= 0.6 is 0 Å². The summed E-state index contributed by atoms with van der Waals surface area (Å²) in [6, 6.07) is 6.22. The summed E-state index contributed by atoms with van der Waals surface area (Å²) in [7, 11) is 3.82. The van der Waals surface area contributed by atoms with E-state index in [0.29, 0.717) is 32.1 Å². The minimum Gasteiger partial charge on any atom is -0.363 e. The van der Waals surface area contributed by atoms with Crippen LogP contribution in [0, 0.1) is 6.92 Å². The molecule has 0 atom stereocenters. The number of carbonyl (C=O) groups excluding carboxylic acids is 1. The van der Waals surface area contributed by atoms with Crippen molar-refractivity contribution in [2.24, 2.45) is 0 Å². The summed E-state index contributed by atoms with van der Waals surface area (Å²) < 4.78 is 38.0. The Balaban J connectivity index is 1.66. The van der Waals surface area contributed by atoms with Gasteiger partial charge in [0, 0.05) is 57.6 Å². The van der Waals surface area contributed by atoms with E-state index in [9.17, 15) is 18.0 Å². The van der Waals surface area contributed by atoms with Crippen molar-refractivity contribution in [2.75, 3.05) is 50.1 Å². The molecular formula is C19H22F3N5O. The normalized spacial score (nSPS) is 14.9. The maximum Gasteiger partial charge on any atom is 0.416 e. The zero-order valence-corrected chi connectivity index (χ0v) is 16.0. The zero-order chi connectivity index (χ0) is 20.5. The number of piperazine rings is 1. The SMILES string of the molecule is Cc1cc(N(C)C)nc(N2CCN(C(=O)c3ccc(C(F)(F)F)cc3)CC2)n1. The van der Waals surface area contributed by atoms with Crippen LogP contribution in [0.3, 0.4) is 0 Å². The van der Waals surface area contributed by atoms with Crippen molar-refractivity contribution in [1.29, 1.82) is 0 Å². The van der Waals surface area contributed by atoms with Crippen LogP contribution in [0.1, 0.15) is 21.6 Å². The maximum absolute atomic E-state index is 12.7. The minimum absolute atomic E-state index is 0.253. The summed E-state index contributed by atoms with van der Waals surface area (Å²) in [6.45, 7) is 3.93. The average molecular weight is 393 g/mol. The second-order valence-electron chi connectivity index (χ2n) is 6.92. The highest BCUT2D eigenvalue weighted by Crippen LogP contribution is 2.29. The number of hydrogen-bond acceptors (Lipinski definition) is 5. The number of nitrogens with zero attached hydrogens (tertiary/aromatic N) is 5. The van der Waals surface area contributed by atoms with Gasteiger partial charge in [-0.2, -0.15) is 18.2 Å². The standard InChI is InChI=1S/C19H22F3N5O/c1-13-12-16(25(2)3)24-18(23-13)27-10-8-26(9-11-27)17(28)14-4-6-15(7-5-14)19(20,21)22/h4-7,12H,8-11H2,1-3H3. The number of carbonyl (C=O) groups is 1. The molecule has 3 rings (SSSR count). The Labute approximate surface area is 161 Å². The Morgan fingerprint density at radius 1 is 1.04 bits per heavy atom. The summed E-state index contributed by atoms with van der Waals surface area (Å²) in [6.07, 6.45) is -4.41. The van der Waals surface area contributed by atoms with Gasteiger partial charge in [-0.1, -0.05) is 0 Å². The molecule has 0 bridgehead atoms. The molecule has 0 N–H and O–H groups in total. The average Bonchev–Trinajstić information content (AvgIpc) is 2.66. The number of amides is 1. The first-order valence-corrected chi connectivity index (χ1v) is 8.89. The van der Waals surface area contributed by atoms with E-state index in [4.69, 9.17) is 0 Å². The minimum atomic E-state index is -4.41. The maximum atomic E-state index is 12.7. The first kappa shape index (κ1) is 19.9. The molecule has 0 spiro atoms. The Morgan fingerprint density at radius 3 is 2.18 bits per heavy atom. The molecule has 0 radical (unpaired) electrons. The van der Waals surface area contributed by atoms with Crippen LogP contribution in [-0.2, 0) is 6.18 Å². The molecule has 28 heavy (non-hydrogen) atoms. The molecule has 6 nitrogen and oxygen atoms in total. The van der Waals surface area contributed by atoms with E-state index in [2.05, 4.69) is 9.97 Å². The molecule has 1 aliphatic rings. The number of aromatic nitrogens is 2. The topological polar surface area (TPSA) is 52.6 Å². The lowest BCUT2D eigenvalue weighted by Gasteiger charge is -2.35. The Hall–Kier alpha value is -2.84. The summed E-state index contributed by atoms with van der Waals surface area (Å²) in [5, 5.41) is 0. The summed E-state index contributed by atoms with van der Waals surface area (Å²) in [5.41, 5.74) is 0.349. The molecule has 9 heteroatoms. The van der Waals surface area contributed by atoms with Gasteiger partial charge in [-0.3, -0.25) is 4.79 Å². The lowest BCUT2D eigenvalue weighted by molar-refractivity contribution is -0.137. The molecule has 0 aliphatic carbocycles. The quantitative estimate of drug-likeness (QED) is 0.803. The van der Waals surface area contributed by atoms with Gasteiger partial charge in [0.15, 0.2) is 0 Å². The number of halogens is 3. The molecule has 1 amide bonds. The monoisotopic (exact) mass is 393 g/mol. The molecule has 150 valence electrons. The van der Waals surface area contributed by atoms with Gasteiger partial charge >= 0.3 is 6.18 Å².